The van der Waals surface area contributed by atoms with E-state index < -0.39 is 17.9 Å². The van der Waals surface area contributed by atoms with Crippen LogP contribution in [0.25, 0.3) is 11.0 Å². The van der Waals surface area contributed by atoms with Crippen molar-refractivity contribution in [1.29, 1.82) is 0 Å². The zero-order chi connectivity index (χ0) is 19.2. The minimum Gasteiger partial charge on any atom is -0.371 e. The summed E-state index contributed by atoms with van der Waals surface area (Å²) < 4.78 is 33.3. The van der Waals surface area contributed by atoms with Gasteiger partial charge in [-0.25, -0.2) is 13.6 Å². The molecule has 0 radical (unpaired) electrons. The van der Waals surface area contributed by atoms with E-state index in [2.05, 4.69) is 4.98 Å². The van der Waals surface area contributed by atoms with E-state index >= 15 is 0 Å². The first-order valence-electron chi connectivity index (χ1n) is 9.28. The molecule has 27 heavy (non-hydrogen) atoms. The second kappa shape index (κ2) is 6.74. The Labute approximate surface area is 155 Å². The van der Waals surface area contributed by atoms with Gasteiger partial charge in [-0.05, 0) is 25.0 Å². The first-order chi connectivity index (χ1) is 12.9. The van der Waals surface area contributed by atoms with Gasteiger partial charge < -0.3 is 14.6 Å². The number of carbonyl (C=O) groups excluding carboxylic acids is 1. The average molecular weight is 379 g/mol. The lowest BCUT2D eigenvalue weighted by atomic mass is 9.77. The van der Waals surface area contributed by atoms with Crippen molar-refractivity contribution < 1.29 is 18.3 Å². The van der Waals surface area contributed by atoms with Gasteiger partial charge in [-0.2, -0.15) is 0 Å². The van der Waals surface area contributed by atoms with Crippen molar-refractivity contribution >= 4 is 16.9 Å². The minimum absolute atomic E-state index is 0.00623. The molecule has 2 heterocycles. The number of aromatic nitrogens is 2. The quantitative estimate of drug-likeness (QED) is 0.888. The van der Waals surface area contributed by atoms with E-state index in [-0.39, 0.29) is 30.5 Å². The van der Waals surface area contributed by atoms with E-state index in [1.165, 1.54) is 7.11 Å². The van der Waals surface area contributed by atoms with Gasteiger partial charge >= 0.3 is 5.69 Å². The fourth-order valence-corrected chi connectivity index (χ4v) is 4.38. The van der Waals surface area contributed by atoms with Crippen LogP contribution in [0, 0.1) is 5.92 Å². The number of nitrogens with one attached hydrogen (secondary N) is 1. The molecule has 2 aromatic rings. The maximum absolute atomic E-state index is 13.1. The molecule has 6 nitrogen and oxygen atoms in total. The van der Waals surface area contributed by atoms with E-state index in [4.69, 9.17) is 4.74 Å². The molecule has 1 aliphatic heterocycles. The minimum atomic E-state index is -2.68. The van der Waals surface area contributed by atoms with Crippen LogP contribution in [-0.4, -0.2) is 52.6 Å². The number of H-pyrrole nitrogens is 1. The van der Waals surface area contributed by atoms with Gasteiger partial charge in [-0.3, -0.25) is 9.36 Å². The average Bonchev–Trinajstić information content (AvgIpc) is 2.96. The standard InChI is InChI=1S/C19H23F2N3O3/c1-27-16(12-10-19(20,21)11-12)17(25)23-8-6-13(7-9-23)24-15-5-3-2-4-14(15)22-18(24)26/h2-5,12-13,16H,6-11H2,1H3,(H,22,26). The van der Waals surface area contributed by atoms with Crippen LogP contribution in [0.4, 0.5) is 8.78 Å². The largest absolute Gasteiger partial charge is 0.371 e. The number of ether oxygens (including phenoxy) is 1. The lowest BCUT2D eigenvalue weighted by molar-refractivity contribution is -0.170. The van der Waals surface area contributed by atoms with Gasteiger partial charge in [0.25, 0.3) is 5.91 Å². The van der Waals surface area contributed by atoms with Crippen molar-refractivity contribution in [2.45, 2.75) is 43.8 Å². The Balaban J connectivity index is 1.43. The van der Waals surface area contributed by atoms with Crippen LogP contribution in [0.3, 0.4) is 0 Å². The normalized spacial score (nSPS) is 22.0. The van der Waals surface area contributed by atoms with Crippen LogP contribution >= 0.6 is 0 Å². The maximum atomic E-state index is 13.1. The molecule has 1 saturated carbocycles. The van der Waals surface area contributed by atoms with E-state index in [1.54, 1.807) is 9.47 Å². The molecule has 0 spiro atoms. The van der Waals surface area contributed by atoms with Crippen LogP contribution in [0.15, 0.2) is 29.1 Å². The zero-order valence-electron chi connectivity index (χ0n) is 15.2. The van der Waals surface area contributed by atoms with Crippen LogP contribution in [0.1, 0.15) is 31.7 Å². The van der Waals surface area contributed by atoms with Crippen molar-refractivity contribution in [2.24, 2.45) is 5.92 Å². The van der Waals surface area contributed by atoms with Gasteiger partial charge in [0, 0.05) is 45.0 Å². The highest BCUT2D eigenvalue weighted by atomic mass is 19.3. The zero-order valence-corrected chi connectivity index (χ0v) is 15.2. The number of nitrogens with zero attached hydrogens (tertiary/aromatic N) is 2. The third-order valence-electron chi connectivity index (χ3n) is 5.81. The molecule has 1 atom stereocenters. The first kappa shape index (κ1) is 18.2. The highest BCUT2D eigenvalue weighted by molar-refractivity contribution is 5.81. The molecular weight excluding hydrogens is 356 g/mol. The van der Waals surface area contributed by atoms with Crippen LogP contribution in [0.2, 0.25) is 0 Å². The fraction of sp³-hybridized carbons (Fsp3) is 0.579. The van der Waals surface area contributed by atoms with E-state index in [1.807, 2.05) is 24.3 Å². The molecule has 1 N–H and O–H groups in total. The van der Waals surface area contributed by atoms with Crippen molar-refractivity contribution in [2.75, 3.05) is 20.2 Å². The molecule has 1 aliphatic carbocycles. The molecule has 0 bridgehead atoms. The number of para-hydroxylation sites is 2. The second-order valence-electron chi connectivity index (χ2n) is 7.55. The molecular formula is C19H23F2N3O3. The molecule has 4 rings (SSSR count). The van der Waals surface area contributed by atoms with Gasteiger partial charge in [-0.15, -0.1) is 0 Å². The summed E-state index contributed by atoms with van der Waals surface area (Å²) in [4.78, 5) is 29.6. The fourth-order valence-electron chi connectivity index (χ4n) is 4.38. The van der Waals surface area contributed by atoms with E-state index in [0.29, 0.717) is 25.9 Å². The Bertz CT molecular complexity index is 891. The van der Waals surface area contributed by atoms with Crippen LogP contribution in [0.5, 0.6) is 0 Å². The molecule has 1 saturated heterocycles. The number of fused-ring (bicyclic) bond motifs is 1. The Kier molecular flexibility index (Phi) is 4.53. The number of imidazole rings is 1. The van der Waals surface area contributed by atoms with E-state index in [0.717, 1.165) is 11.0 Å². The highest BCUT2D eigenvalue weighted by Gasteiger charge is 2.51. The number of carbonyl (C=O) groups is 1. The van der Waals surface area contributed by atoms with Crippen molar-refractivity contribution in [1.82, 2.24) is 14.5 Å². The SMILES string of the molecule is COC(C(=O)N1CCC(n2c(=O)[nH]c3ccccc32)CC1)C1CC(F)(F)C1. The predicted molar refractivity (Wildman–Crippen MR) is 95.9 cm³/mol. The van der Waals surface area contributed by atoms with Crippen LogP contribution in [-0.2, 0) is 9.53 Å². The summed E-state index contributed by atoms with van der Waals surface area (Å²) in [6.45, 7) is 0.969. The highest BCUT2D eigenvalue weighted by Crippen LogP contribution is 2.45. The summed E-state index contributed by atoms with van der Waals surface area (Å²) in [7, 11) is 1.40. The molecule has 1 aromatic carbocycles. The number of hydrogen-bond donors (Lipinski definition) is 1. The number of amides is 1. The second-order valence-corrected chi connectivity index (χ2v) is 7.55. The van der Waals surface area contributed by atoms with Gasteiger partial charge in [0.2, 0.25) is 5.92 Å². The molecule has 8 heteroatoms. The number of alkyl halides is 2. The molecule has 2 aliphatic rings. The molecule has 1 amide bonds. The number of aromatic amines is 1. The number of methoxy groups -OCH3 is 1. The Morgan fingerprint density at radius 2 is 1.93 bits per heavy atom. The summed E-state index contributed by atoms with van der Waals surface area (Å²) >= 11 is 0. The molecule has 146 valence electrons. The summed E-state index contributed by atoms with van der Waals surface area (Å²) in [6, 6.07) is 7.54. The number of piperidine rings is 1. The lowest BCUT2D eigenvalue weighted by Gasteiger charge is -2.41. The number of halogens is 2. The maximum Gasteiger partial charge on any atom is 0.326 e. The van der Waals surface area contributed by atoms with Crippen LogP contribution < -0.4 is 5.69 Å². The number of likely N-dealkylation sites (tertiary alicyclic amines) is 1. The van der Waals surface area contributed by atoms with Crippen molar-refractivity contribution in [3.63, 3.8) is 0 Å². The third kappa shape index (κ3) is 3.26. The van der Waals surface area contributed by atoms with Crippen molar-refractivity contribution in [3.05, 3.63) is 34.7 Å². The third-order valence-corrected chi connectivity index (χ3v) is 5.81. The van der Waals surface area contributed by atoms with Gasteiger partial charge in [0.1, 0.15) is 6.10 Å². The van der Waals surface area contributed by atoms with Gasteiger partial charge in [0.05, 0.1) is 11.0 Å². The lowest BCUT2D eigenvalue weighted by Crippen LogP contribution is -2.52. The monoisotopic (exact) mass is 379 g/mol. The predicted octanol–water partition coefficient (Wildman–Crippen LogP) is 2.55. The Morgan fingerprint density at radius 3 is 2.56 bits per heavy atom. The topological polar surface area (TPSA) is 67.3 Å². The Morgan fingerprint density at radius 1 is 1.26 bits per heavy atom. The summed E-state index contributed by atoms with van der Waals surface area (Å²) in [6.07, 6.45) is -0.108. The molecule has 1 aromatic heterocycles. The molecule has 2 fully saturated rings. The van der Waals surface area contributed by atoms with E-state index in [9.17, 15) is 18.4 Å². The summed E-state index contributed by atoms with van der Waals surface area (Å²) in [5, 5.41) is 0. The number of benzene rings is 1. The number of rotatable bonds is 4. The summed E-state index contributed by atoms with van der Waals surface area (Å²) in [5.74, 6) is -3.32. The van der Waals surface area contributed by atoms with Gasteiger partial charge in [0.15, 0.2) is 0 Å². The first-order valence-corrected chi connectivity index (χ1v) is 9.28. The molecule has 1 unspecified atom stereocenters. The Hall–Kier alpha value is -2.22. The van der Waals surface area contributed by atoms with Crippen molar-refractivity contribution in [3.8, 4) is 0 Å². The summed E-state index contributed by atoms with van der Waals surface area (Å²) in [5.41, 5.74) is 1.51. The van der Waals surface area contributed by atoms with Gasteiger partial charge in [-0.1, -0.05) is 12.1 Å². The smallest absolute Gasteiger partial charge is 0.326 e. The number of hydrogen-bond acceptors (Lipinski definition) is 3.